The first-order valence-corrected chi connectivity index (χ1v) is 24.6. The number of rotatable bonds is 19. The van der Waals surface area contributed by atoms with E-state index in [-0.39, 0.29) is 29.2 Å². The van der Waals surface area contributed by atoms with Crippen molar-refractivity contribution in [1.82, 2.24) is 5.32 Å². The minimum Gasteiger partial charge on any atom is -0.505 e. The van der Waals surface area contributed by atoms with E-state index >= 15 is 0 Å². The van der Waals surface area contributed by atoms with Gasteiger partial charge >= 0.3 is 14.7 Å². The van der Waals surface area contributed by atoms with E-state index in [1.807, 2.05) is 74.5 Å². The summed E-state index contributed by atoms with van der Waals surface area (Å²) in [6.07, 6.45) is 16.5. The van der Waals surface area contributed by atoms with Gasteiger partial charge in [-0.15, -0.1) is 0 Å². The number of nitrogens with one attached hydrogen (secondary N) is 1. The lowest BCUT2D eigenvalue weighted by Crippen LogP contribution is -2.40. The van der Waals surface area contributed by atoms with Gasteiger partial charge in [-0.2, -0.15) is 0 Å². The zero-order valence-electron chi connectivity index (χ0n) is 38.4. The van der Waals surface area contributed by atoms with Gasteiger partial charge in [-0.25, -0.2) is 19.7 Å². The Kier molecular flexibility index (Phi) is 17.3. The minimum atomic E-state index is -2.26. The van der Waals surface area contributed by atoms with Crippen LogP contribution in [0.4, 0.5) is 21.9 Å². The van der Waals surface area contributed by atoms with Crippen LogP contribution in [0.2, 0.25) is 12.6 Å². The average molecular weight is 876 g/mol. The number of nitriles is 1. The Morgan fingerprint density at radius 3 is 2.16 bits per heavy atom. The normalized spacial score (nSPS) is 17.1. The predicted molar refractivity (Wildman–Crippen MR) is 258 cm³/mol. The first-order valence-electron chi connectivity index (χ1n) is 22.1. The van der Waals surface area contributed by atoms with Crippen molar-refractivity contribution in [2.75, 3.05) is 24.7 Å². The first-order chi connectivity index (χ1) is 30.7. The van der Waals surface area contributed by atoms with Gasteiger partial charge in [0.2, 0.25) is 5.70 Å². The van der Waals surface area contributed by atoms with Crippen molar-refractivity contribution >= 4 is 37.8 Å². The Labute approximate surface area is 381 Å². The van der Waals surface area contributed by atoms with Gasteiger partial charge in [0.05, 0.1) is 19.2 Å². The SMILES string of the molecule is [C-]#[N+]C(C#N)=C1OC(C)(C)C(C=CC=C2C=C(C=Cc3ccc(N(c4ccccc4)c4ccc(COC(=O)NCCC[Si](C)(OCCC)OCCC)cc4)cc3)CC(C)(C)C2)=C1[N+]#[C-]. The van der Waals surface area contributed by atoms with Crippen molar-refractivity contribution in [3.8, 4) is 6.07 Å². The molecule has 1 heterocycles. The van der Waals surface area contributed by atoms with Crippen LogP contribution >= 0.6 is 0 Å². The highest BCUT2D eigenvalue weighted by atomic mass is 28.4. The third-order valence-electron chi connectivity index (χ3n) is 10.9. The first kappa shape index (κ1) is 48.6. The monoisotopic (exact) mass is 875 g/mol. The molecular formula is C53H61N5O5Si. The summed E-state index contributed by atoms with van der Waals surface area (Å²) in [6, 6.07) is 29.5. The maximum atomic E-state index is 12.6. The fourth-order valence-corrected chi connectivity index (χ4v) is 10.2. The van der Waals surface area contributed by atoms with Gasteiger partial charge in [0, 0.05) is 42.4 Å². The summed E-state index contributed by atoms with van der Waals surface area (Å²) in [7, 11) is -2.26. The van der Waals surface area contributed by atoms with Crippen LogP contribution < -0.4 is 10.2 Å². The smallest absolute Gasteiger partial charge is 0.407 e. The standard InChI is InChI=1S/C53H61N5O5Si/c1-10-32-61-64(9,62-33-11-2)34-16-31-57-51(59)60-39-41-25-29-46(30-26-41)58(44-18-13-12-14-19-44)45-27-23-40(24-28-45)21-22-43-35-42(36-52(3,4)37-43)17-15-20-47-49(56-8)50(48(38-54)55-7)63-53(47,5)6/h12-15,17-30,35H,10-11,16,31-34,36-37,39H2,1-6,9H3,(H,57,59). The van der Waals surface area contributed by atoms with Crippen molar-refractivity contribution in [2.45, 2.75) is 98.4 Å². The number of carbonyl (C=O) groups excluding carboxylic acids is 1. The number of anilines is 3. The molecule has 10 nitrogen and oxygen atoms in total. The fourth-order valence-electron chi connectivity index (χ4n) is 7.76. The summed E-state index contributed by atoms with van der Waals surface area (Å²) in [4.78, 5) is 21.7. The topological polar surface area (TPSA) is 102 Å². The number of para-hydroxylation sites is 1. The molecule has 1 aliphatic heterocycles. The van der Waals surface area contributed by atoms with Gasteiger partial charge < -0.3 is 28.5 Å². The number of carbonyl (C=O) groups is 1. The molecular weight excluding hydrogens is 815 g/mol. The number of amides is 1. The van der Waals surface area contributed by atoms with Crippen LogP contribution in [0.15, 0.2) is 143 Å². The molecule has 11 heteroatoms. The van der Waals surface area contributed by atoms with E-state index in [1.165, 1.54) is 11.1 Å². The lowest BCUT2D eigenvalue weighted by atomic mass is 9.75. The van der Waals surface area contributed by atoms with Crippen molar-refractivity contribution in [3.63, 3.8) is 0 Å². The molecule has 64 heavy (non-hydrogen) atoms. The van der Waals surface area contributed by atoms with Crippen LogP contribution in [0.5, 0.6) is 0 Å². The Morgan fingerprint density at radius 1 is 0.906 bits per heavy atom. The summed E-state index contributed by atoms with van der Waals surface area (Å²) in [5, 5.41) is 12.3. The molecule has 1 amide bonds. The van der Waals surface area contributed by atoms with Crippen LogP contribution in [0.3, 0.4) is 0 Å². The van der Waals surface area contributed by atoms with E-state index in [2.05, 4.69) is 115 Å². The van der Waals surface area contributed by atoms with Gasteiger partial charge in [0.1, 0.15) is 18.0 Å². The van der Waals surface area contributed by atoms with E-state index in [0.717, 1.165) is 66.3 Å². The van der Waals surface area contributed by atoms with Gasteiger partial charge in [0.15, 0.2) is 0 Å². The van der Waals surface area contributed by atoms with Crippen molar-refractivity contribution in [3.05, 3.63) is 177 Å². The van der Waals surface area contributed by atoms with E-state index in [4.69, 9.17) is 31.5 Å². The lowest BCUT2D eigenvalue weighted by Gasteiger charge is -2.30. The highest BCUT2D eigenvalue weighted by molar-refractivity contribution is 6.66. The molecule has 0 saturated heterocycles. The minimum absolute atomic E-state index is 0.0452. The van der Waals surface area contributed by atoms with Gasteiger partial charge in [-0.1, -0.05) is 107 Å². The summed E-state index contributed by atoms with van der Waals surface area (Å²) in [5.41, 5.74) is 7.18. The molecule has 332 valence electrons. The summed E-state index contributed by atoms with van der Waals surface area (Å²) in [6.45, 7) is 31.6. The second kappa shape index (κ2) is 22.8. The van der Waals surface area contributed by atoms with Gasteiger partial charge in [0.25, 0.3) is 5.70 Å². The Hall–Kier alpha value is -6.42. The molecule has 0 atom stereocenters. The lowest BCUT2D eigenvalue weighted by molar-refractivity contribution is 0.0951. The summed E-state index contributed by atoms with van der Waals surface area (Å²) in [5.74, 6) is 0.0505. The fraction of sp³-hybridized carbons (Fsp3) is 0.358. The molecule has 2 aliphatic rings. The Morgan fingerprint density at radius 2 is 1.55 bits per heavy atom. The quantitative estimate of drug-likeness (QED) is 0.0554. The predicted octanol–water partition coefficient (Wildman–Crippen LogP) is 13.6. The third-order valence-corrected chi connectivity index (χ3v) is 13.7. The second-order valence-corrected chi connectivity index (χ2v) is 20.8. The number of ether oxygens (including phenoxy) is 2. The molecule has 3 aromatic rings. The zero-order chi connectivity index (χ0) is 46.2. The number of allylic oxidation sites excluding steroid dienone is 7. The number of hydrogen-bond donors (Lipinski definition) is 1. The highest BCUT2D eigenvalue weighted by Crippen LogP contribution is 2.42. The van der Waals surface area contributed by atoms with Crippen LogP contribution in [0.25, 0.3) is 15.8 Å². The number of alkyl carbamates (subject to hydrolysis) is 1. The molecule has 0 aromatic heterocycles. The molecule has 0 unspecified atom stereocenters. The molecule has 1 N–H and O–H groups in total. The zero-order valence-corrected chi connectivity index (χ0v) is 39.4. The van der Waals surface area contributed by atoms with Crippen molar-refractivity contribution in [2.24, 2.45) is 5.41 Å². The second-order valence-electron chi connectivity index (χ2n) is 17.4. The largest absolute Gasteiger partial charge is 0.505 e. The highest BCUT2D eigenvalue weighted by Gasteiger charge is 2.38. The number of hydrogen-bond acceptors (Lipinski definition) is 7. The Bertz CT molecular complexity index is 2380. The van der Waals surface area contributed by atoms with Crippen LogP contribution in [0, 0.1) is 29.9 Å². The molecule has 3 aromatic carbocycles. The van der Waals surface area contributed by atoms with Crippen LogP contribution in [0.1, 0.15) is 84.8 Å². The maximum Gasteiger partial charge on any atom is 0.407 e. The van der Waals surface area contributed by atoms with Crippen LogP contribution in [-0.2, 0) is 24.9 Å². The molecule has 0 bridgehead atoms. The summed E-state index contributed by atoms with van der Waals surface area (Å²) >= 11 is 0. The average Bonchev–Trinajstić information content (AvgIpc) is 3.54. The van der Waals surface area contributed by atoms with E-state index < -0.39 is 20.3 Å². The van der Waals surface area contributed by atoms with Gasteiger partial charge in [-0.3, -0.25) is 0 Å². The van der Waals surface area contributed by atoms with Crippen LogP contribution in [-0.4, -0.2) is 40.0 Å². The van der Waals surface area contributed by atoms with E-state index in [0.29, 0.717) is 25.3 Å². The number of benzene rings is 3. The molecule has 5 rings (SSSR count). The third kappa shape index (κ3) is 13.5. The summed E-state index contributed by atoms with van der Waals surface area (Å²) < 4.78 is 23.7. The van der Waals surface area contributed by atoms with E-state index in [1.54, 1.807) is 0 Å². The number of nitrogens with zero attached hydrogens (tertiary/aromatic N) is 4. The molecule has 0 radical (unpaired) electrons. The Balaban J connectivity index is 1.24. The molecule has 0 fully saturated rings. The maximum absolute atomic E-state index is 12.6. The van der Waals surface area contributed by atoms with E-state index in [9.17, 15) is 10.1 Å². The van der Waals surface area contributed by atoms with Crippen molar-refractivity contribution < 1.29 is 23.1 Å². The van der Waals surface area contributed by atoms with Crippen molar-refractivity contribution in [1.29, 1.82) is 5.26 Å². The van der Waals surface area contributed by atoms with Gasteiger partial charge in [-0.05, 0) is 123 Å². The molecule has 1 aliphatic carbocycles. The molecule has 0 saturated carbocycles. The molecule has 0 spiro atoms.